The van der Waals surface area contributed by atoms with Crippen LogP contribution in [0.15, 0.2) is 42.4 Å². The molecule has 32 heavy (non-hydrogen) atoms. The Bertz CT molecular complexity index is 1290. The molecule has 0 saturated carbocycles. The van der Waals surface area contributed by atoms with Gasteiger partial charge in [0.05, 0.1) is 4.11 Å². The number of imide groups is 1. The summed E-state index contributed by atoms with van der Waals surface area (Å²) in [5.41, 5.74) is -1.20. The van der Waals surface area contributed by atoms with Gasteiger partial charge in [-0.15, -0.1) is 0 Å². The van der Waals surface area contributed by atoms with Crippen LogP contribution < -0.4 is 10.6 Å². The minimum atomic E-state index is -4.27. The summed E-state index contributed by atoms with van der Waals surface area (Å²) in [6.07, 6.45) is 0.104. The highest BCUT2D eigenvalue weighted by atomic mass is 35.5. The van der Waals surface area contributed by atoms with Crippen molar-refractivity contribution in [2.24, 2.45) is 0 Å². The molecule has 1 fully saturated rings. The van der Waals surface area contributed by atoms with Crippen LogP contribution in [-0.2, 0) is 33.3 Å². The summed E-state index contributed by atoms with van der Waals surface area (Å²) in [6.45, 7) is -3.35. The first-order valence-electron chi connectivity index (χ1n) is 11.5. The molecule has 2 aromatic carbocycles. The number of alkyl halides is 2. The van der Waals surface area contributed by atoms with E-state index < -0.39 is 64.6 Å². The van der Waals surface area contributed by atoms with Crippen molar-refractivity contribution < 1.29 is 33.5 Å². The van der Waals surface area contributed by atoms with Crippen LogP contribution in [0, 0.1) is 0 Å². The molecule has 2 aliphatic rings. The van der Waals surface area contributed by atoms with Gasteiger partial charge in [0.2, 0.25) is 11.8 Å². The van der Waals surface area contributed by atoms with Crippen molar-refractivity contribution in [3.8, 4) is 0 Å². The number of halogens is 3. The van der Waals surface area contributed by atoms with Gasteiger partial charge in [0, 0.05) is 35.6 Å². The molecule has 10 heteroatoms. The average Bonchev–Trinajstić information content (AvgIpc) is 3.13. The maximum atomic E-state index is 14.8. The quantitative estimate of drug-likeness (QED) is 0.663. The zero-order valence-corrected chi connectivity index (χ0v) is 17.1. The van der Waals surface area contributed by atoms with Crippen molar-refractivity contribution in [3.63, 3.8) is 0 Å². The number of hydrogen-bond acceptors (Lipinski definition) is 4. The van der Waals surface area contributed by atoms with E-state index in [-0.39, 0.29) is 35.5 Å². The first-order valence-corrected chi connectivity index (χ1v) is 9.89. The topological polar surface area (TPSA) is 95.6 Å². The Morgan fingerprint density at radius 2 is 2.03 bits per heavy atom. The van der Waals surface area contributed by atoms with Crippen LogP contribution in [0.3, 0.4) is 0 Å². The fourth-order valence-corrected chi connectivity index (χ4v) is 3.66. The van der Waals surface area contributed by atoms with E-state index in [0.29, 0.717) is 0 Å². The second-order valence-electron chi connectivity index (χ2n) is 7.30. The molecule has 4 rings (SSSR count). The Hall–Kier alpha value is -3.33. The van der Waals surface area contributed by atoms with E-state index >= 15 is 0 Å². The normalized spacial score (nSPS) is 20.7. The van der Waals surface area contributed by atoms with Crippen LogP contribution in [0.25, 0.3) is 0 Å². The lowest BCUT2D eigenvalue weighted by Crippen LogP contribution is -2.52. The Balaban J connectivity index is 1.62. The molecule has 2 N–H and O–H groups in total. The van der Waals surface area contributed by atoms with Crippen LogP contribution in [0.5, 0.6) is 0 Å². The summed E-state index contributed by atoms with van der Waals surface area (Å²) in [4.78, 5) is 50.2. The molecule has 2 aromatic rings. The van der Waals surface area contributed by atoms with E-state index in [9.17, 15) is 28.0 Å². The number of fused-ring (bicyclic) bond motifs is 1. The Morgan fingerprint density at radius 3 is 2.72 bits per heavy atom. The standard InChI is InChI=1S/C22H18ClF2N3O4/c23-15-4-2-14(3-5-15)22(24,25)21(32)26-10-12-1-6-16-13(9-12)11-28(20(16)31)17-7-8-18(29)27-19(17)30/h1-6,9,17H,7-8,10-11H2,(H,26,32)(H,27,29,30)/i1D,10D2/hD. The molecular formula is C22H18ClF2N3O4. The molecule has 7 nitrogen and oxygen atoms in total. The molecular weight excluding hydrogens is 444 g/mol. The third-order valence-corrected chi connectivity index (χ3v) is 5.46. The van der Waals surface area contributed by atoms with E-state index in [4.69, 9.17) is 17.1 Å². The van der Waals surface area contributed by atoms with Crippen molar-refractivity contribution in [2.45, 2.75) is 37.8 Å². The van der Waals surface area contributed by atoms with Gasteiger partial charge in [0.15, 0.2) is 1.41 Å². The van der Waals surface area contributed by atoms with Gasteiger partial charge in [-0.05, 0) is 35.7 Å². The fourth-order valence-electron chi connectivity index (χ4n) is 3.54. The third kappa shape index (κ3) is 4.08. The molecule has 0 radical (unpaired) electrons. The van der Waals surface area contributed by atoms with Gasteiger partial charge in [-0.25, -0.2) is 0 Å². The predicted octanol–water partition coefficient (Wildman–Crippen LogP) is 2.51. The molecule has 166 valence electrons. The highest BCUT2D eigenvalue weighted by molar-refractivity contribution is 6.30. The van der Waals surface area contributed by atoms with Crippen molar-refractivity contribution in [1.82, 2.24) is 15.5 Å². The number of piperidine rings is 1. The SMILES string of the molecule is [2H]c1cc2c(cc1C([2H])([2H])N([2H])C(=O)C(F)(F)c1ccc(Cl)cc1)CN(C1CCC(=O)NC1=O)C2=O. The molecule has 0 aromatic heterocycles. The zero-order chi connectivity index (χ0) is 26.6. The summed E-state index contributed by atoms with van der Waals surface area (Å²) in [7, 11) is 0. The van der Waals surface area contributed by atoms with Crippen LogP contribution in [-0.4, -0.2) is 34.6 Å². The first-order chi connectivity index (χ1) is 16.7. The van der Waals surface area contributed by atoms with Gasteiger partial charge in [0.1, 0.15) is 6.04 Å². The van der Waals surface area contributed by atoms with Crippen LogP contribution in [0.2, 0.25) is 6.43 Å². The van der Waals surface area contributed by atoms with E-state index in [2.05, 4.69) is 5.32 Å². The molecule has 1 unspecified atom stereocenters. The summed E-state index contributed by atoms with van der Waals surface area (Å²) in [6, 6.07) is 4.50. The Morgan fingerprint density at radius 1 is 1.31 bits per heavy atom. The predicted molar refractivity (Wildman–Crippen MR) is 110 cm³/mol. The summed E-state index contributed by atoms with van der Waals surface area (Å²) < 4.78 is 62.1. The van der Waals surface area contributed by atoms with Gasteiger partial charge in [-0.1, -0.05) is 35.8 Å². The summed E-state index contributed by atoms with van der Waals surface area (Å²) >= 11 is 5.68. The zero-order valence-electron chi connectivity index (χ0n) is 20.3. The highest BCUT2D eigenvalue weighted by Gasteiger charge is 2.41. The summed E-state index contributed by atoms with van der Waals surface area (Å²) in [5, 5.41) is 1.75. The number of nitrogens with one attached hydrogen (secondary N) is 2. The molecule has 1 saturated heterocycles. The molecule has 0 bridgehead atoms. The van der Waals surface area contributed by atoms with Crippen molar-refractivity contribution in [1.29, 1.82) is 0 Å². The molecule has 1 atom stereocenters. The van der Waals surface area contributed by atoms with Crippen LogP contribution in [0.4, 0.5) is 8.78 Å². The third-order valence-electron chi connectivity index (χ3n) is 5.21. The average molecular weight is 466 g/mol. The minimum Gasteiger partial charge on any atom is -0.346 e. The number of hydrogen-bond donors (Lipinski definition) is 2. The van der Waals surface area contributed by atoms with Gasteiger partial charge >= 0.3 is 5.92 Å². The number of carbonyl (C=O) groups is 4. The lowest BCUT2D eigenvalue weighted by atomic mass is 10.0. The number of amides is 4. The smallest absolute Gasteiger partial charge is 0.346 e. The van der Waals surface area contributed by atoms with Gasteiger partial charge in [0.25, 0.3) is 11.8 Å². The van der Waals surface area contributed by atoms with Crippen molar-refractivity contribution in [2.75, 3.05) is 0 Å². The van der Waals surface area contributed by atoms with E-state index in [1.807, 2.05) is 0 Å². The number of rotatable bonds is 5. The molecule has 0 aliphatic carbocycles. The molecule has 4 amide bonds. The fraction of sp³-hybridized carbons (Fsp3) is 0.273. The van der Waals surface area contributed by atoms with Crippen molar-refractivity contribution in [3.05, 3.63) is 69.7 Å². The maximum Gasteiger partial charge on any atom is 0.349 e. The van der Waals surface area contributed by atoms with E-state index in [1.54, 1.807) is 0 Å². The second kappa shape index (κ2) is 8.31. The lowest BCUT2D eigenvalue weighted by Gasteiger charge is -2.29. The van der Waals surface area contributed by atoms with Crippen LogP contribution in [0.1, 0.15) is 44.0 Å². The monoisotopic (exact) mass is 465 g/mol. The number of nitrogens with zero attached hydrogens (tertiary/aromatic N) is 1. The Labute approximate surface area is 192 Å². The second-order valence-corrected chi connectivity index (χ2v) is 7.73. The van der Waals surface area contributed by atoms with Gasteiger partial charge in [-0.2, -0.15) is 8.78 Å². The number of benzene rings is 2. The van der Waals surface area contributed by atoms with Crippen molar-refractivity contribution >= 4 is 35.2 Å². The largest absolute Gasteiger partial charge is 0.349 e. The molecule has 0 spiro atoms. The Kier molecular flexibility index (Phi) is 4.48. The van der Waals surface area contributed by atoms with Crippen LogP contribution >= 0.6 is 11.6 Å². The highest BCUT2D eigenvalue weighted by Crippen LogP contribution is 2.30. The van der Waals surface area contributed by atoms with E-state index in [1.165, 1.54) is 4.90 Å². The number of carbonyl (C=O) groups excluding carboxylic acids is 4. The lowest BCUT2D eigenvalue weighted by molar-refractivity contribution is -0.147. The molecule has 2 heterocycles. The molecule has 2 aliphatic heterocycles. The van der Waals surface area contributed by atoms with Gasteiger partial charge < -0.3 is 10.2 Å². The van der Waals surface area contributed by atoms with Gasteiger partial charge in [-0.3, -0.25) is 24.5 Å². The summed E-state index contributed by atoms with van der Waals surface area (Å²) in [5.74, 6) is -8.19. The van der Waals surface area contributed by atoms with E-state index in [0.717, 1.165) is 36.4 Å². The first kappa shape index (κ1) is 17.3. The minimum absolute atomic E-state index is 0.00130. The maximum absolute atomic E-state index is 14.8.